The summed E-state index contributed by atoms with van der Waals surface area (Å²) in [5.41, 5.74) is 1.18. The normalized spacial score (nSPS) is 16.2. The fourth-order valence-corrected chi connectivity index (χ4v) is 4.08. The number of halogens is 3. The molecule has 1 amide bonds. The van der Waals surface area contributed by atoms with Crippen molar-refractivity contribution in [3.8, 4) is 11.3 Å². The van der Waals surface area contributed by atoms with E-state index in [-0.39, 0.29) is 16.5 Å². The Kier molecular flexibility index (Phi) is 6.11. The van der Waals surface area contributed by atoms with Gasteiger partial charge < -0.3 is 14.8 Å². The Morgan fingerprint density at radius 3 is 2.55 bits per heavy atom. The number of aromatic carboxylic acids is 1. The van der Waals surface area contributed by atoms with E-state index in [1.807, 2.05) is 0 Å². The van der Waals surface area contributed by atoms with Gasteiger partial charge in [-0.15, -0.1) is 0 Å². The molecule has 10 heteroatoms. The molecule has 1 aliphatic heterocycles. The van der Waals surface area contributed by atoms with Crippen LogP contribution in [-0.4, -0.2) is 22.2 Å². The molecule has 4 rings (SSSR count). The molecule has 31 heavy (non-hydrogen) atoms. The number of nitrogens with zero attached hydrogens (tertiary/aromatic N) is 1. The van der Waals surface area contributed by atoms with Gasteiger partial charge in [0.15, 0.2) is 5.17 Å². The van der Waals surface area contributed by atoms with Crippen LogP contribution in [0, 0.1) is 0 Å². The van der Waals surface area contributed by atoms with Gasteiger partial charge >= 0.3 is 5.97 Å². The van der Waals surface area contributed by atoms with Crippen LogP contribution >= 0.6 is 46.6 Å². The van der Waals surface area contributed by atoms with Gasteiger partial charge in [0.05, 0.1) is 31.2 Å². The standard InChI is InChI=1S/C21H11Cl3N2O4S/c22-14-5-2-11(8-16(14)24)25-21-26-19(27)18(31-21)9-12-3-6-17(30-12)10-1-4-13(20(28)29)15(23)7-10/h1-9H,(H,28,29)(H,25,26,27)/b18-9-. The first-order chi connectivity index (χ1) is 14.8. The smallest absolute Gasteiger partial charge is 0.337 e. The van der Waals surface area contributed by atoms with Crippen molar-refractivity contribution in [1.82, 2.24) is 5.32 Å². The molecule has 0 saturated carbocycles. The molecule has 1 aliphatic rings. The molecule has 0 radical (unpaired) electrons. The molecule has 1 aromatic heterocycles. The van der Waals surface area contributed by atoms with Crippen LogP contribution in [0.4, 0.5) is 5.69 Å². The van der Waals surface area contributed by atoms with Gasteiger partial charge in [0, 0.05) is 11.6 Å². The number of furan rings is 1. The number of hydrogen-bond donors (Lipinski definition) is 2. The Labute approximate surface area is 195 Å². The van der Waals surface area contributed by atoms with Crippen LogP contribution in [0.1, 0.15) is 16.1 Å². The zero-order chi connectivity index (χ0) is 22.1. The minimum absolute atomic E-state index is 0.00660. The summed E-state index contributed by atoms with van der Waals surface area (Å²) in [5.74, 6) is -0.486. The number of amides is 1. The van der Waals surface area contributed by atoms with E-state index < -0.39 is 5.97 Å². The monoisotopic (exact) mass is 492 g/mol. The van der Waals surface area contributed by atoms with Crippen molar-refractivity contribution in [2.45, 2.75) is 0 Å². The zero-order valence-electron chi connectivity index (χ0n) is 15.4. The van der Waals surface area contributed by atoms with E-state index in [2.05, 4.69) is 10.3 Å². The van der Waals surface area contributed by atoms with Gasteiger partial charge in [-0.1, -0.05) is 40.9 Å². The van der Waals surface area contributed by atoms with Gasteiger partial charge in [0.2, 0.25) is 0 Å². The van der Waals surface area contributed by atoms with Crippen molar-refractivity contribution < 1.29 is 19.1 Å². The van der Waals surface area contributed by atoms with Crippen molar-refractivity contribution >= 4 is 75.4 Å². The van der Waals surface area contributed by atoms with Crippen molar-refractivity contribution in [2.24, 2.45) is 4.99 Å². The number of carboxylic acids is 1. The second-order valence-electron chi connectivity index (χ2n) is 6.28. The predicted molar refractivity (Wildman–Crippen MR) is 123 cm³/mol. The number of rotatable bonds is 4. The second kappa shape index (κ2) is 8.80. The fourth-order valence-electron chi connectivity index (χ4n) is 2.71. The Morgan fingerprint density at radius 1 is 1.03 bits per heavy atom. The Hall–Kier alpha value is -2.71. The zero-order valence-corrected chi connectivity index (χ0v) is 18.4. The van der Waals surface area contributed by atoms with Crippen LogP contribution in [0.5, 0.6) is 0 Å². The van der Waals surface area contributed by atoms with Gasteiger partial charge in [-0.25, -0.2) is 9.79 Å². The summed E-state index contributed by atoms with van der Waals surface area (Å²) in [6.07, 6.45) is 1.59. The lowest BCUT2D eigenvalue weighted by Crippen LogP contribution is -2.19. The molecule has 0 atom stereocenters. The van der Waals surface area contributed by atoms with Crippen LogP contribution in [0.2, 0.25) is 15.1 Å². The molecule has 0 unspecified atom stereocenters. The number of nitrogens with one attached hydrogen (secondary N) is 1. The fraction of sp³-hybridized carbons (Fsp3) is 0. The summed E-state index contributed by atoms with van der Waals surface area (Å²) in [5, 5.41) is 13.1. The number of carboxylic acid groups (broad SMARTS) is 1. The third-order valence-corrected chi connectivity index (χ3v) is 6.13. The molecule has 3 aromatic rings. The molecule has 2 heterocycles. The molecule has 156 valence electrons. The van der Waals surface area contributed by atoms with Crippen LogP contribution < -0.4 is 5.32 Å². The highest BCUT2D eigenvalue weighted by molar-refractivity contribution is 8.18. The third-order valence-electron chi connectivity index (χ3n) is 4.17. The van der Waals surface area contributed by atoms with E-state index in [1.54, 1.807) is 42.5 Å². The molecule has 0 aliphatic carbocycles. The molecule has 0 bridgehead atoms. The lowest BCUT2D eigenvalue weighted by Gasteiger charge is -2.01. The highest BCUT2D eigenvalue weighted by Crippen LogP contribution is 2.32. The van der Waals surface area contributed by atoms with E-state index in [0.717, 1.165) is 11.8 Å². The third kappa shape index (κ3) is 4.80. The first-order valence-corrected chi connectivity index (χ1v) is 10.6. The predicted octanol–water partition coefficient (Wildman–Crippen LogP) is 6.50. The van der Waals surface area contributed by atoms with E-state index in [1.165, 1.54) is 12.1 Å². The number of aliphatic imine (C=N–C) groups is 1. The maximum atomic E-state index is 12.3. The molecule has 2 aromatic carbocycles. The topological polar surface area (TPSA) is 91.9 Å². The summed E-state index contributed by atoms with van der Waals surface area (Å²) in [4.78, 5) is 28.1. The van der Waals surface area contributed by atoms with E-state index in [0.29, 0.717) is 42.9 Å². The average Bonchev–Trinajstić information content (AvgIpc) is 3.31. The Bertz CT molecular complexity index is 1280. The molecule has 1 saturated heterocycles. The minimum atomic E-state index is -1.11. The maximum Gasteiger partial charge on any atom is 0.337 e. The number of carbonyl (C=O) groups is 2. The minimum Gasteiger partial charge on any atom is -0.478 e. The first-order valence-electron chi connectivity index (χ1n) is 8.68. The number of hydrogen-bond acceptors (Lipinski definition) is 5. The van der Waals surface area contributed by atoms with Crippen molar-refractivity contribution in [1.29, 1.82) is 0 Å². The van der Waals surface area contributed by atoms with E-state index in [9.17, 15) is 9.59 Å². The number of carbonyl (C=O) groups excluding carboxylic acids is 1. The van der Waals surface area contributed by atoms with Crippen LogP contribution in [0.25, 0.3) is 17.4 Å². The molecule has 0 spiro atoms. The highest BCUT2D eigenvalue weighted by atomic mass is 35.5. The summed E-state index contributed by atoms with van der Waals surface area (Å²) in [6, 6.07) is 12.8. The molecular weight excluding hydrogens is 483 g/mol. The van der Waals surface area contributed by atoms with Gasteiger partial charge in [-0.2, -0.15) is 0 Å². The largest absolute Gasteiger partial charge is 0.478 e. The first kappa shape index (κ1) is 21.5. The summed E-state index contributed by atoms with van der Waals surface area (Å²) in [6.45, 7) is 0. The molecule has 1 fully saturated rings. The number of amidine groups is 1. The Morgan fingerprint density at radius 2 is 1.84 bits per heavy atom. The van der Waals surface area contributed by atoms with Crippen molar-refractivity contribution in [3.63, 3.8) is 0 Å². The molecule has 6 nitrogen and oxygen atoms in total. The van der Waals surface area contributed by atoms with Gasteiger partial charge in [0.25, 0.3) is 5.91 Å². The second-order valence-corrected chi connectivity index (χ2v) is 8.53. The van der Waals surface area contributed by atoms with E-state index >= 15 is 0 Å². The van der Waals surface area contributed by atoms with Gasteiger partial charge in [0.1, 0.15) is 11.5 Å². The van der Waals surface area contributed by atoms with Crippen LogP contribution in [0.15, 0.2) is 62.8 Å². The number of thioether (sulfide) groups is 1. The average molecular weight is 494 g/mol. The Balaban J connectivity index is 1.54. The molecule has 2 N–H and O–H groups in total. The van der Waals surface area contributed by atoms with Crippen LogP contribution in [0.3, 0.4) is 0 Å². The van der Waals surface area contributed by atoms with Crippen LogP contribution in [-0.2, 0) is 4.79 Å². The quantitative estimate of drug-likeness (QED) is 0.405. The lowest BCUT2D eigenvalue weighted by atomic mass is 10.1. The highest BCUT2D eigenvalue weighted by Gasteiger charge is 2.24. The summed E-state index contributed by atoms with van der Waals surface area (Å²) >= 11 is 19.1. The summed E-state index contributed by atoms with van der Waals surface area (Å²) < 4.78 is 5.77. The van der Waals surface area contributed by atoms with Crippen molar-refractivity contribution in [2.75, 3.05) is 0 Å². The lowest BCUT2D eigenvalue weighted by molar-refractivity contribution is -0.115. The summed E-state index contributed by atoms with van der Waals surface area (Å²) in [7, 11) is 0. The van der Waals surface area contributed by atoms with Gasteiger partial charge in [-0.05, 0) is 54.2 Å². The SMILES string of the molecule is O=C1NC(=Nc2ccc(Cl)c(Cl)c2)S/C1=C\c1ccc(-c2ccc(C(=O)O)c(Cl)c2)o1. The van der Waals surface area contributed by atoms with E-state index in [4.69, 9.17) is 44.3 Å². The molecular formula is C21H11Cl3N2O4S. The maximum absolute atomic E-state index is 12.3. The van der Waals surface area contributed by atoms with Gasteiger partial charge in [-0.3, -0.25) is 4.79 Å². The van der Waals surface area contributed by atoms with Crippen molar-refractivity contribution in [3.05, 3.63) is 79.8 Å². The number of benzene rings is 2.